The number of carbonyl (C=O) groups is 4. The van der Waals surface area contributed by atoms with Gasteiger partial charge in [-0.05, 0) is 11.4 Å². The molecule has 2 aliphatic rings. The molecular weight excluding hydrogens is 482 g/mol. The summed E-state index contributed by atoms with van der Waals surface area (Å²) in [5.41, 5.74) is 0.282. The molecule has 31 heavy (non-hydrogen) atoms. The average Bonchev–Trinajstić information content (AvgIpc) is 3.37. The van der Waals surface area contributed by atoms with Crippen LogP contribution in [0.2, 0.25) is 0 Å². The van der Waals surface area contributed by atoms with Crippen LogP contribution in [-0.2, 0) is 32.0 Å². The summed E-state index contributed by atoms with van der Waals surface area (Å²) in [7, 11) is 0. The highest BCUT2D eigenvalue weighted by molar-refractivity contribution is 8.07. The van der Waals surface area contributed by atoms with Crippen LogP contribution in [0.25, 0.3) is 0 Å². The number of aliphatic carboxylic acids is 2. The molecule has 4 heterocycles. The molecular formula is C18H15N3O6S4. The molecule has 4 rings (SSSR count). The Balaban J connectivity index is 1.47. The summed E-state index contributed by atoms with van der Waals surface area (Å²) < 4.78 is 0.512. The Kier molecular flexibility index (Phi) is 6.36. The number of rotatable bonds is 8. The Morgan fingerprint density at radius 3 is 2.74 bits per heavy atom. The number of hydrogen-bond acceptors (Lipinski definition) is 9. The van der Waals surface area contributed by atoms with E-state index in [4.69, 9.17) is 5.11 Å². The molecule has 0 aromatic carbocycles. The number of β-lactam (4-membered cyclic amide) rings is 1. The maximum atomic E-state index is 12.7. The van der Waals surface area contributed by atoms with E-state index in [2.05, 4.69) is 10.3 Å². The number of carbonyl (C=O) groups excluding carboxylic acids is 2. The van der Waals surface area contributed by atoms with Gasteiger partial charge in [0.1, 0.15) is 17.1 Å². The molecule has 2 amide bonds. The molecule has 3 N–H and O–H groups in total. The summed E-state index contributed by atoms with van der Waals surface area (Å²) in [5.74, 6) is -2.63. The van der Waals surface area contributed by atoms with E-state index in [1.807, 2.05) is 17.5 Å². The molecule has 2 aromatic rings. The number of carboxylic acids is 2. The summed E-state index contributed by atoms with van der Waals surface area (Å²) in [5, 5.41) is 24.3. The van der Waals surface area contributed by atoms with E-state index in [9.17, 15) is 24.3 Å². The number of nitrogens with one attached hydrogen (secondary N) is 1. The molecule has 2 aliphatic heterocycles. The third kappa shape index (κ3) is 4.63. The van der Waals surface area contributed by atoms with Crippen LogP contribution in [0, 0.1) is 0 Å². The second-order valence-corrected chi connectivity index (χ2v) is 10.9. The Morgan fingerprint density at radius 1 is 1.26 bits per heavy atom. The fourth-order valence-electron chi connectivity index (χ4n) is 3.14. The van der Waals surface area contributed by atoms with Crippen molar-refractivity contribution in [2.24, 2.45) is 0 Å². The highest BCUT2D eigenvalue weighted by Crippen LogP contribution is 2.45. The van der Waals surface area contributed by atoms with E-state index in [0.29, 0.717) is 20.7 Å². The maximum absolute atomic E-state index is 12.7. The van der Waals surface area contributed by atoms with E-state index in [1.165, 1.54) is 39.3 Å². The van der Waals surface area contributed by atoms with Crippen LogP contribution in [-0.4, -0.2) is 61.0 Å². The number of thioether (sulfide) groups is 2. The minimum absolute atomic E-state index is 0.113. The number of thiazole rings is 1. The summed E-state index contributed by atoms with van der Waals surface area (Å²) in [6.07, 6.45) is -0.0412. The molecule has 0 radical (unpaired) electrons. The van der Waals surface area contributed by atoms with E-state index >= 15 is 0 Å². The van der Waals surface area contributed by atoms with Gasteiger partial charge in [0.2, 0.25) is 5.91 Å². The normalized spacial score (nSPS) is 20.3. The fraction of sp³-hybridized carbons (Fsp3) is 0.278. The van der Waals surface area contributed by atoms with Gasteiger partial charge >= 0.3 is 11.9 Å². The van der Waals surface area contributed by atoms with Gasteiger partial charge in [-0.25, -0.2) is 9.78 Å². The number of aromatic nitrogens is 1. The predicted octanol–water partition coefficient (Wildman–Crippen LogP) is 1.86. The topological polar surface area (TPSA) is 137 Å². The molecule has 0 unspecified atom stereocenters. The molecule has 9 nitrogen and oxygen atoms in total. The first kappa shape index (κ1) is 21.9. The quantitative estimate of drug-likeness (QED) is 0.467. The zero-order chi connectivity index (χ0) is 22.1. The van der Waals surface area contributed by atoms with Crippen molar-refractivity contribution >= 4 is 70.0 Å². The van der Waals surface area contributed by atoms with Gasteiger partial charge in [-0.2, -0.15) is 0 Å². The van der Waals surface area contributed by atoms with Crippen molar-refractivity contribution < 1.29 is 29.4 Å². The lowest BCUT2D eigenvalue weighted by molar-refractivity contribution is -0.150. The van der Waals surface area contributed by atoms with Crippen molar-refractivity contribution in [1.29, 1.82) is 0 Å². The molecule has 162 valence electrons. The zero-order valence-electron chi connectivity index (χ0n) is 15.6. The number of thiophene rings is 1. The summed E-state index contributed by atoms with van der Waals surface area (Å²) in [6.45, 7) is 0. The zero-order valence-corrected chi connectivity index (χ0v) is 18.9. The van der Waals surface area contributed by atoms with Crippen molar-refractivity contribution in [2.75, 3.05) is 5.75 Å². The van der Waals surface area contributed by atoms with Gasteiger partial charge in [0, 0.05) is 20.9 Å². The first-order chi connectivity index (χ1) is 14.8. The fourth-order valence-corrected chi connectivity index (χ4v) is 7.32. The molecule has 0 aliphatic carbocycles. The second-order valence-electron chi connectivity index (χ2n) is 6.57. The van der Waals surface area contributed by atoms with E-state index in [1.54, 1.807) is 5.38 Å². The maximum Gasteiger partial charge on any atom is 0.353 e. The average molecular weight is 498 g/mol. The van der Waals surface area contributed by atoms with Gasteiger partial charge < -0.3 is 15.5 Å². The lowest BCUT2D eigenvalue weighted by Crippen LogP contribution is -2.70. The van der Waals surface area contributed by atoms with Crippen LogP contribution in [0.5, 0.6) is 0 Å². The molecule has 1 fully saturated rings. The molecule has 0 saturated carbocycles. The lowest BCUT2D eigenvalue weighted by atomic mass is 10.0. The van der Waals surface area contributed by atoms with Crippen LogP contribution in [0.4, 0.5) is 0 Å². The number of carboxylic acid groups (broad SMARTS) is 2. The number of amides is 2. The van der Waals surface area contributed by atoms with Gasteiger partial charge in [0.05, 0.1) is 18.5 Å². The monoisotopic (exact) mass is 497 g/mol. The van der Waals surface area contributed by atoms with Crippen LogP contribution >= 0.6 is 46.2 Å². The Hall–Kier alpha value is -2.35. The number of fused-ring (bicyclic) bond motifs is 1. The van der Waals surface area contributed by atoms with Crippen LogP contribution < -0.4 is 5.32 Å². The predicted molar refractivity (Wildman–Crippen MR) is 117 cm³/mol. The summed E-state index contributed by atoms with van der Waals surface area (Å²) >= 11 is 5.17. The minimum Gasteiger partial charge on any atom is -0.481 e. The standard InChI is InChI=1S/C18H15N3O6S4/c22-11(5-9-2-1-3-28-9)20-13-15(25)21-14(17(26)27)10(7-29-16(13)21)31-18-19-8(6-30-18)4-12(23)24/h1-3,6,13,16H,4-5,7H2,(H,20,22)(H,23,24)(H,26,27)/t13-,16-/m1/s1. The highest BCUT2D eigenvalue weighted by Gasteiger charge is 2.54. The van der Waals surface area contributed by atoms with E-state index in [0.717, 1.165) is 16.6 Å². The molecule has 2 atom stereocenters. The van der Waals surface area contributed by atoms with Crippen LogP contribution in [0.15, 0.2) is 37.8 Å². The summed E-state index contributed by atoms with van der Waals surface area (Å²) in [6, 6.07) is 2.92. The van der Waals surface area contributed by atoms with Crippen LogP contribution in [0.3, 0.4) is 0 Å². The molecule has 0 spiro atoms. The number of hydrogen-bond donors (Lipinski definition) is 3. The summed E-state index contributed by atoms with van der Waals surface area (Å²) in [4.78, 5) is 54.5. The molecule has 13 heteroatoms. The first-order valence-electron chi connectivity index (χ1n) is 8.90. The largest absolute Gasteiger partial charge is 0.481 e. The van der Waals surface area contributed by atoms with Crippen molar-refractivity contribution in [2.45, 2.75) is 28.6 Å². The Bertz CT molecular complexity index is 1080. The minimum atomic E-state index is -1.23. The van der Waals surface area contributed by atoms with E-state index in [-0.39, 0.29) is 24.4 Å². The second kappa shape index (κ2) is 9.02. The third-order valence-electron chi connectivity index (χ3n) is 4.44. The number of nitrogens with zero attached hydrogens (tertiary/aromatic N) is 2. The SMILES string of the molecule is O=C(O)Cc1csc(SC2=C(C(=O)O)N3C(=O)[C@@H](NC(=O)Cc4cccs4)[C@H]3SC2)n1. The Labute approximate surface area is 192 Å². The van der Waals surface area contributed by atoms with Crippen molar-refractivity contribution in [3.8, 4) is 0 Å². The van der Waals surface area contributed by atoms with Crippen molar-refractivity contribution in [3.63, 3.8) is 0 Å². The van der Waals surface area contributed by atoms with Crippen molar-refractivity contribution in [1.82, 2.24) is 15.2 Å². The lowest BCUT2D eigenvalue weighted by Gasteiger charge is -2.49. The molecule has 2 aromatic heterocycles. The van der Waals surface area contributed by atoms with E-state index < -0.39 is 29.3 Å². The van der Waals surface area contributed by atoms with Crippen molar-refractivity contribution in [3.05, 3.63) is 44.1 Å². The molecule has 0 bridgehead atoms. The van der Waals surface area contributed by atoms with Gasteiger partial charge in [0.25, 0.3) is 5.91 Å². The highest BCUT2D eigenvalue weighted by atomic mass is 32.2. The van der Waals surface area contributed by atoms with Gasteiger partial charge in [-0.1, -0.05) is 17.8 Å². The van der Waals surface area contributed by atoms with Gasteiger partial charge in [0.15, 0.2) is 4.34 Å². The molecule has 1 saturated heterocycles. The smallest absolute Gasteiger partial charge is 0.353 e. The van der Waals surface area contributed by atoms with Gasteiger partial charge in [-0.15, -0.1) is 34.4 Å². The third-order valence-corrected chi connectivity index (χ3v) is 8.85. The van der Waals surface area contributed by atoms with Gasteiger partial charge in [-0.3, -0.25) is 19.3 Å². The Morgan fingerprint density at radius 2 is 2.06 bits per heavy atom. The first-order valence-corrected chi connectivity index (χ1v) is 12.5. The van der Waals surface area contributed by atoms with Crippen LogP contribution in [0.1, 0.15) is 10.6 Å².